The molecule has 0 fully saturated rings. The third-order valence-corrected chi connectivity index (χ3v) is 31.2. The van der Waals surface area contributed by atoms with Crippen molar-refractivity contribution in [2.45, 2.75) is 85.5 Å². The van der Waals surface area contributed by atoms with Gasteiger partial charge in [-0.25, -0.2) is 0 Å². The predicted molar refractivity (Wildman–Crippen MR) is 625 cm³/mol. The zero-order valence-corrected chi connectivity index (χ0v) is 83.4. The molecule has 0 aliphatic heterocycles. The number of para-hydroxylation sites is 6. The highest BCUT2D eigenvalue weighted by molar-refractivity contribution is 6.32. The van der Waals surface area contributed by atoms with Gasteiger partial charge in [0.2, 0.25) is 0 Å². The summed E-state index contributed by atoms with van der Waals surface area (Å²) in [5, 5.41) is 33.0. The predicted octanol–water partition coefficient (Wildman–Crippen LogP) is 41.5. The first-order chi connectivity index (χ1) is 71.2. The van der Waals surface area contributed by atoms with Gasteiger partial charge >= 0.3 is 0 Å². The van der Waals surface area contributed by atoms with Gasteiger partial charge in [0.25, 0.3) is 0 Å². The number of hydrogen-bond donors (Lipinski definition) is 0. The molecule has 0 aliphatic rings. The minimum atomic E-state index is 0.0594. The molecule has 0 saturated heterocycles. The van der Waals surface area contributed by atoms with E-state index in [9.17, 15) is 0 Å². The van der Waals surface area contributed by atoms with Gasteiger partial charge in [-0.1, -0.05) is 468 Å². The van der Waals surface area contributed by atoms with Gasteiger partial charge in [-0.2, -0.15) is 0 Å². The molecule has 3 heteroatoms. The molecule has 3 heterocycles. The van der Waals surface area contributed by atoms with Crippen molar-refractivity contribution in [1.29, 1.82) is 0 Å². The summed E-state index contributed by atoms with van der Waals surface area (Å²) in [6, 6.07) is 165. The summed E-state index contributed by atoms with van der Waals surface area (Å²) in [4.78, 5) is 0. The van der Waals surface area contributed by atoms with Crippen LogP contribution >= 0.6 is 0 Å². The summed E-state index contributed by atoms with van der Waals surface area (Å²) in [7, 11) is 0. The fraction of sp³-hybridized carbons (Fsp3) is 0.0909. The normalized spacial score (nSPS) is 12.3. The van der Waals surface area contributed by atoms with E-state index in [1.807, 2.05) is 36.4 Å². The number of benzene rings is 26. The standard InChI is InChI=1S/C50H36O.C48H34O.C45H34O/c1-50(2,3)36-28-34-24-26-41-44(33-22-20-32(21-23-33)38-17-11-18-43-40-16-9-10-19-46(40)51-49(38)43)30-45(42-27-25-35(29-36)47(34)48(41)42)39-15-8-7-14-37(39)31-12-5-4-6-13-31;1-48(2,3)36-26-34-20-22-39-42(29-10-5-4-6-11-29)28-43(40-23-21-35(27-36)45(34)46(39)40)33-19-17-30-24-32(18-16-31(30)25-33)37-13-9-14-41-38-12-7-8-15-44(38)49-47(37)41;1-27-12-14-29(15-13-27)39-26-40(37-23-21-32-25-33(45(2,3)4)24-31-20-22-36(39)43(37)42(31)32)30-18-16-28(17-19-30)34-9-7-10-38-35-8-5-6-11-41(35)46-44(34)38/h4-30H,1-3H3;4-28H,1-3H3;5-26H,1-4H3. The second kappa shape index (κ2) is 33.9. The average molecular weight is 1870 g/mol. The van der Waals surface area contributed by atoms with Crippen LogP contribution in [0.1, 0.15) is 84.6 Å². The summed E-state index contributed by atoms with van der Waals surface area (Å²) in [6.07, 6.45) is 0. The molecular formula is C143H104O3. The van der Waals surface area contributed by atoms with E-state index in [-0.39, 0.29) is 16.2 Å². The van der Waals surface area contributed by atoms with Gasteiger partial charge in [0.15, 0.2) is 0 Å². The SMILES string of the molecule is CC(C)(C)c1cc2ccc3c(-c4ccc(-c5cccc6c5oc5ccccc56)cc4)cc(-c4ccccc4-c4ccccc4)c4ccc(c1)c2c34.CC(C)(C)c1cc2ccc3c(-c4ccccc4)cc(-c4ccc5cc(-c6cccc7c6oc6ccccc67)ccc5c4)c4ccc(c1)c2c34.Cc1ccc(-c2cc(-c3ccc(-c4cccc5c4oc4ccccc45)cc3)c3ccc4cc(C(C)(C)C)cc5ccc2c3c54)cc1. The molecule has 0 radical (unpaired) electrons. The lowest BCUT2D eigenvalue weighted by Crippen LogP contribution is -2.10. The Labute approximate surface area is 848 Å². The van der Waals surface area contributed by atoms with Gasteiger partial charge in [-0.3, -0.25) is 0 Å². The summed E-state index contributed by atoms with van der Waals surface area (Å²) in [5.74, 6) is 0. The third-order valence-electron chi connectivity index (χ3n) is 31.2. The van der Waals surface area contributed by atoms with Crippen LogP contribution in [-0.4, -0.2) is 0 Å². The second-order valence-electron chi connectivity index (χ2n) is 43.3. The smallest absolute Gasteiger partial charge is 0.143 e. The lowest BCUT2D eigenvalue weighted by molar-refractivity contribution is 0.591. The Kier molecular flexibility index (Phi) is 20.3. The zero-order valence-electron chi connectivity index (χ0n) is 83.4. The molecular weight excluding hydrogens is 1770 g/mol. The van der Waals surface area contributed by atoms with Crippen molar-refractivity contribution in [3.05, 3.63) is 471 Å². The largest absolute Gasteiger partial charge is 0.455 e. The number of hydrogen-bond acceptors (Lipinski definition) is 3. The molecule has 3 aromatic heterocycles. The van der Waals surface area contributed by atoms with E-state index in [2.05, 4.69) is 482 Å². The zero-order chi connectivity index (χ0) is 98.3. The maximum atomic E-state index is 6.42. The molecule has 29 aromatic rings. The van der Waals surface area contributed by atoms with Crippen LogP contribution in [0.3, 0.4) is 0 Å². The van der Waals surface area contributed by atoms with Crippen molar-refractivity contribution in [3.8, 4) is 111 Å². The Morgan fingerprint density at radius 1 is 0.144 bits per heavy atom. The Morgan fingerprint density at radius 3 is 0.719 bits per heavy atom. The molecule has 0 atom stereocenters. The van der Waals surface area contributed by atoms with E-state index < -0.39 is 0 Å². The molecule has 0 unspecified atom stereocenters. The highest BCUT2D eigenvalue weighted by Crippen LogP contribution is 2.53. The van der Waals surface area contributed by atoms with Crippen LogP contribution in [0, 0.1) is 6.92 Å². The van der Waals surface area contributed by atoms with Gasteiger partial charge < -0.3 is 13.3 Å². The topological polar surface area (TPSA) is 39.4 Å². The first-order valence-electron chi connectivity index (χ1n) is 51.2. The lowest BCUT2D eigenvalue weighted by Gasteiger charge is -2.23. The molecule has 0 saturated carbocycles. The van der Waals surface area contributed by atoms with Crippen molar-refractivity contribution in [3.63, 3.8) is 0 Å². The molecule has 0 bridgehead atoms. The molecule has 0 N–H and O–H groups in total. The highest BCUT2D eigenvalue weighted by atomic mass is 16.3. The number of fused-ring (bicyclic) bond motifs is 10. The molecule has 0 spiro atoms. The average Bonchev–Trinajstić information content (AvgIpc) is 1.10. The number of rotatable bonds is 10. The molecule has 146 heavy (non-hydrogen) atoms. The van der Waals surface area contributed by atoms with Crippen molar-refractivity contribution < 1.29 is 13.3 Å². The Bertz CT molecular complexity index is 10200. The Hall–Kier alpha value is -17.5. The minimum Gasteiger partial charge on any atom is -0.455 e. The first kappa shape index (κ1) is 87.5. The molecule has 0 amide bonds. The van der Waals surface area contributed by atoms with Crippen LogP contribution in [0.15, 0.2) is 462 Å². The first-order valence-corrected chi connectivity index (χ1v) is 51.2. The van der Waals surface area contributed by atoms with Crippen molar-refractivity contribution in [1.82, 2.24) is 0 Å². The van der Waals surface area contributed by atoms with Crippen LogP contribution in [0.2, 0.25) is 0 Å². The fourth-order valence-corrected chi connectivity index (χ4v) is 23.6. The minimum absolute atomic E-state index is 0.0594. The number of aryl methyl sites for hydroxylation is 1. The van der Waals surface area contributed by atoms with Crippen molar-refractivity contribution in [2.75, 3.05) is 0 Å². The Balaban J connectivity index is 0.000000109. The van der Waals surface area contributed by atoms with Gasteiger partial charge in [-0.15, -0.1) is 0 Å². The van der Waals surface area contributed by atoms with E-state index in [0.29, 0.717) is 0 Å². The van der Waals surface area contributed by atoms with Crippen LogP contribution in [0.5, 0.6) is 0 Å². The van der Waals surface area contributed by atoms with Crippen LogP contribution in [0.25, 0.3) is 285 Å². The molecule has 26 aromatic carbocycles. The van der Waals surface area contributed by atoms with E-state index in [0.717, 1.165) is 99.2 Å². The van der Waals surface area contributed by atoms with E-state index in [1.165, 1.54) is 208 Å². The maximum absolute atomic E-state index is 6.42. The third kappa shape index (κ3) is 14.7. The van der Waals surface area contributed by atoms with Crippen molar-refractivity contribution in [2.24, 2.45) is 0 Å². The summed E-state index contributed by atoms with van der Waals surface area (Å²) < 4.78 is 19.2. The van der Waals surface area contributed by atoms with Crippen LogP contribution in [-0.2, 0) is 16.2 Å². The van der Waals surface area contributed by atoms with Gasteiger partial charge in [0, 0.05) is 49.0 Å². The van der Waals surface area contributed by atoms with Crippen LogP contribution < -0.4 is 0 Å². The molecule has 3 nitrogen and oxygen atoms in total. The molecule has 694 valence electrons. The molecule has 29 rings (SSSR count). The second-order valence-corrected chi connectivity index (χ2v) is 43.3. The summed E-state index contributed by atoms with van der Waals surface area (Å²) >= 11 is 0. The maximum Gasteiger partial charge on any atom is 0.143 e. The van der Waals surface area contributed by atoms with E-state index in [4.69, 9.17) is 13.3 Å². The lowest BCUT2D eigenvalue weighted by atomic mass is 9.81. The monoisotopic (exact) mass is 1870 g/mol. The Morgan fingerprint density at radius 2 is 0.377 bits per heavy atom. The van der Waals surface area contributed by atoms with Crippen molar-refractivity contribution >= 4 is 174 Å². The van der Waals surface area contributed by atoms with E-state index in [1.54, 1.807) is 0 Å². The van der Waals surface area contributed by atoms with Crippen LogP contribution in [0.4, 0.5) is 0 Å². The highest BCUT2D eigenvalue weighted by Gasteiger charge is 2.28. The van der Waals surface area contributed by atoms with Gasteiger partial charge in [-0.05, 0) is 291 Å². The van der Waals surface area contributed by atoms with E-state index >= 15 is 0 Å². The van der Waals surface area contributed by atoms with Gasteiger partial charge in [0.05, 0.1) is 0 Å². The number of furan rings is 3. The van der Waals surface area contributed by atoms with Gasteiger partial charge in [0.1, 0.15) is 33.5 Å². The summed E-state index contributed by atoms with van der Waals surface area (Å²) in [6.45, 7) is 22.8. The quantitative estimate of drug-likeness (QED) is 0.128. The summed E-state index contributed by atoms with van der Waals surface area (Å²) in [5.41, 5.74) is 35.3. The molecule has 0 aliphatic carbocycles. The fourth-order valence-electron chi connectivity index (χ4n) is 23.6.